The smallest absolute Gasteiger partial charge is 0.335 e. The molecule has 2 bridgehead atoms. The van der Waals surface area contributed by atoms with Crippen molar-refractivity contribution in [2.24, 2.45) is 0 Å². The number of rotatable bonds is 13. The van der Waals surface area contributed by atoms with Crippen molar-refractivity contribution in [1.29, 1.82) is 0 Å². The number of hydrogen-bond donors (Lipinski definition) is 4. The molecule has 2 aliphatic heterocycles. The maximum Gasteiger partial charge on any atom is 0.335 e. The first kappa shape index (κ1) is 35.7. The third kappa shape index (κ3) is 8.10. The largest absolute Gasteiger partial charge is 0.492 e. The summed E-state index contributed by atoms with van der Waals surface area (Å²) in [5.41, 5.74) is 5.58. The molecule has 264 valence electrons. The molecule has 6 rings (SSSR count). The third-order valence-corrected chi connectivity index (χ3v) is 10.3. The van der Waals surface area contributed by atoms with Gasteiger partial charge in [0.25, 0.3) is 11.8 Å². The van der Waals surface area contributed by atoms with Crippen LogP contribution >= 0.6 is 15.9 Å². The van der Waals surface area contributed by atoms with E-state index in [2.05, 4.69) is 21.2 Å². The normalized spacial score (nSPS) is 19.9. The summed E-state index contributed by atoms with van der Waals surface area (Å²) in [5.74, 6) is -2.60. The van der Waals surface area contributed by atoms with Gasteiger partial charge in [-0.15, -0.1) is 0 Å². The third-order valence-electron chi connectivity index (χ3n) is 9.67. The monoisotopic (exact) mass is 749 g/mol. The van der Waals surface area contributed by atoms with Gasteiger partial charge in [0.1, 0.15) is 11.6 Å². The van der Waals surface area contributed by atoms with E-state index in [0.717, 1.165) is 47.1 Å². The molecule has 1 aliphatic carbocycles. The summed E-state index contributed by atoms with van der Waals surface area (Å²) in [6.07, 6.45) is -0.692. The second-order valence-corrected chi connectivity index (χ2v) is 14.2. The molecule has 12 heteroatoms. The van der Waals surface area contributed by atoms with Crippen molar-refractivity contribution in [3.05, 3.63) is 105 Å². The number of carboxylic acid groups (broad SMARTS) is 1. The lowest BCUT2D eigenvalue weighted by atomic mass is 9.82. The molecular formula is C38H41BrFN3O7. The summed E-state index contributed by atoms with van der Waals surface area (Å²) in [6, 6.07) is 19.7. The zero-order chi connectivity index (χ0) is 35.5. The standard InChI is InChI=1S/C38H41BrFN3O7/c1-22-5-2-3-7-25(22)19-43(28-13-14-28)36(46)33-29(18-27-20-42(21-31(33)41-27)37(47)34(44)35(45)38(48)49)24-10-8-23(9-11-24)6-4-16-50-32-17-26(40)12-15-30(32)39/h2-3,5,7-12,15,17,27-28,31,34-35,41,44-45H,4,6,13-14,16,18-21H2,1H3,(H,48,49)/t27-,31-,34+,35+/m1/s1. The van der Waals surface area contributed by atoms with Gasteiger partial charge in [-0.2, -0.15) is 0 Å². The first-order valence-corrected chi connectivity index (χ1v) is 17.7. The van der Waals surface area contributed by atoms with E-state index < -0.39 is 30.1 Å². The van der Waals surface area contributed by atoms with Gasteiger partial charge >= 0.3 is 5.97 Å². The highest BCUT2D eigenvalue weighted by Gasteiger charge is 2.45. The SMILES string of the molecule is Cc1ccccc1CN(C(=O)C1=C(c2ccc(CCCOc3cc(F)ccc3Br)cc2)C[C@@H]2CN(C(=O)[C@@H](O)[C@H](O)C(=O)O)C[C@H]1N2)C1CC1. The Morgan fingerprint density at radius 3 is 2.48 bits per heavy atom. The number of aryl methyl sites for hydroxylation is 2. The fourth-order valence-corrected chi connectivity index (χ4v) is 7.16. The number of halogens is 2. The molecule has 1 saturated carbocycles. The predicted molar refractivity (Wildman–Crippen MR) is 188 cm³/mol. The van der Waals surface area contributed by atoms with E-state index >= 15 is 0 Å². The quantitative estimate of drug-likeness (QED) is 0.191. The number of aliphatic hydroxyl groups is 2. The molecule has 0 unspecified atom stereocenters. The number of benzene rings is 3. The second kappa shape index (κ2) is 15.4. The molecule has 0 radical (unpaired) electrons. The Bertz CT molecular complexity index is 1780. The zero-order valence-corrected chi connectivity index (χ0v) is 29.3. The van der Waals surface area contributed by atoms with Gasteiger partial charge in [-0.3, -0.25) is 9.59 Å². The minimum absolute atomic E-state index is 0.0334. The fourth-order valence-electron chi connectivity index (χ4n) is 6.80. The molecule has 0 aromatic heterocycles. The molecular weight excluding hydrogens is 709 g/mol. The summed E-state index contributed by atoms with van der Waals surface area (Å²) in [5, 5.41) is 32.9. The number of amides is 2. The average Bonchev–Trinajstić information content (AvgIpc) is 3.95. The number of hydrogen-bond acceptors (Lipinski definition) is 7. The van der Waals surface area contributed by atoms with Crippen LogP contribution in [0.1, 0.15) is 47.9 Å². The minimum Gasteiger partial charge on any atom is -0.492 e. The van der Waals surface area contributed by atoms with Gasteiger partial charge in [-0.05, 0) is 94.9 Å². The maximum absolute atomic E-state index is 14.7. The highest BCUT2D eigenvalue weighted by Crippen LogP contribution is 2.38. The summed E-state index contributed by atoms with van der Waals surface area (Å²) < 4.78 is 20.1. The van der Waals surface area contributed by atoms with Gasteiger partial charge in [0, 0.05) is 43.4 Å². The van der Waals surface area contributed by atoms with E-state index in [0.29, 0.717) is 41.8 Å². The fraction of sp³-hybridized carbons (Fsp3) is 0.395. The molecule has 10 nitrogen and oxygen atoms in total. The highest BCUT2D eigenvalue weighted by atomic mass is 79.9. The summed E-state index contributed by atoms with van der Waals surface area (Å²) in [6.45, 7) is 3.10. The van der Waals surface area contributed by atoms with E-state index in [4.69, 9.17) is 4.74 Å². The maximum atomic E-state index is 14.7. The number of piperazine rings is 1. The lowest BCUT2D eigenvalue weighted by Gasteiger charge is -2.45. The van der Waals surface area contributed by atoms with Crippen LogP contribution in [0.2, 0.25) is 0 Å². The Labute approximate surface area is 298 Å². The van der Waals surface area contributed by atoms with Gasteiger partial charge in [-0.25, -0.2) is 9.18 Å². The molecule has 2 fully saturated rings. The van der Waals surface area contributed by atoms with E-state index in [1.54, 1.807) is 6.07 Å². The predicted octanol–water partition coefficient (Wildman–Crippen LogP) is 4.23. The van der Waals surface area contributed by atoms with Gasteiger partial charge in [0.05, 0.1) is 17.1 Å². The lowest BCUT2D eigenvalue weighted by Crippen LogP contribution is -2.64. The van der Waals surface area contributed by atoms with Crippen LogP contribution in [0.25, 0.3) is 5.57 Å². The highest BCUT2D eigenvalue weighted by molar-refractivity contribution is 9.10. The van der Waals surface area contributed by atoms with Crippen molar-refractivity contribution in [3.8, 4) is 5.75 Å². The molecule has 4 N–H and O–H groups in total. The van der Waals surface area contributed by atoms with Crippen LogP contribution in [0, 0.1) is 12.7 Å². The van der Waals surface area contributed by atoms with Crippen molar-refractivity contribution in [2.45, 2.75) is 75.9 Å². The van der Waals surface area contributed by atoms with Crippen molar-refractivity contribution in [1.82, 2.24) is 15.1 Å². The van der Waals surface area contributed by atoms with Crippen LogP contribution in [0.5, 0.6) is 5.75 Å². The van der Waals surface area contributed by atoms with Gasteiger partial charge in [0.15, 0.2) is 12.2 Å². The van der Waals surface area contributed by atoms with Crippen molar-refractivity contribution in [2.75, 3.05) is 19.7 Å². The number of aliphatic hydroxyl groups excluding tert-OH is 2. The number of carboxylic acids is 1. The van der Waals surface area contributed by atoms with Gasteiger partial charge < -0.3 is 35.2 Å². The minimum atomic E-state index is -2.25. The molecule has 1 saturated heterocycles. The Hall–Kier alpha value is -4.10. The first-order valence-electron chi connectivity index (χ1n) is 16.9. The van der Waals surface area contributed by atoms with Crippen LogP contribution in [0.4, 0.5) is 4.39 Å². The molecule has 0 spiro atoms. The van der Waals surface area contributed by atoms with Crippen molar-refractivity contribution >= 4 is 39.3 Å². The molecule has 2 amide bonds. The van der Waals surface area contributed by atoms with Crippen LogP contribution in [0.15, 0.2) is 76.8 Å². The van der Waals surface area contributed by atoms with E-state index in [1.165, 1.54) is 17.0 Å². The van der Waals surface area contributed by atoms with E-state index in [-0.39, 0.29) is 36.9 Å². The van der Waals surface area contributed by atoms with Crippen LogP contribution < -0.4 is 10.1 Å². The first-order chi connectivity index (χ1) is 24.0. The van der Waals surface area contributed by atoms with Crippen LogP contribution in [0.3, 0.4) is 0 Å². The number of fused-ring (bicyclic) bond motifs is 2. The summed E-state index contributed by atoms with van der Waals surface area (Å²) in [7, 11) is 0. The molecule has 3 aromatic carbocycles. The Morgan fingerprint density at radius 1 is 1.04 bits per heavy atom. The topological polar surface area (TPSA) is 140 Å². The summed E-state index contributed by atoms with van der Waals surface area (Å²) in [4.78, 5) is 42.5. The molecule has 4 atom stereocenters. The van der Waals surface area contributed by atoms with Gasteiger partial charge in [0.2, 0.25) is 0 Å². The molecule has 2 heterocycles. The number of ether oxygens (including phenoxy) is 1. The average molecular weight is 751 g/mol. The Morgan fingerprint density at radius 2 is 1.78 bits per heavy atom. The number of nitrogens with zero attached hydrogens (tertiary/aromatic N) is 2. The molecule has 3 aliphatic rings. The second-order valence-electron chi connectivity index (χ2n) is 13.3. The summed E-state index contributed by atoms with van der Waals surface area (Å²) >= 11 is 3.38. The Kier molecular flexibility index (Phi) is 11.0. The van der Waals surface area contributed by atoms with E-state index in [9.17, 15) is 34.1 Å². The van der Waals surface area contributed by atoms with Gasteiger partial charge in [-0.1, -0.05) is 48.5 Å². The van der Waals surface area contributed by atoms with E-state index in [1.807, 2.05) is 60.4 Å². The van der Waals surface area contributed by atoms with Crippen LogP contribution in [-0.4, -0.2) is 92.9 Å². The van der Waals surface area contributed by atoms with Crippen molar-refractivity contribution in [3.63, 3.8) is 0 Å². The lowest BCUT2D eigenvalue weighted by molar-refractivity contribution is -0.163. The molecule has 3 aromatic rings. The number of carbonyl (C=O) groups excluding carboxylic acids is 2. The zero-order valence-electron chi connectivity index (χ0n) is 27.7. The Balaban J connectivity index is 1.25. The van der Waals surface area contributed by atoms with Crippen molar-refractivity contribution < 1.29 is 38.8 Å². The number of aliphatic carboxylic acids is 1. The number of nitrogens with one attached hydrogen (secondary N) is 1. The van der Waals surface area contributed by atoms with Crippen LogP contribution in [-0.2, 0) is 27.3 Å². The number of carbonyl (C=O) groups is 3. The molecule has 50 heavy (non-hydrogen) atoms.